The third-order valence-electron chi connectivity index (χ3n) is 4.08. The molecule has 0 aromatic carbocycles. The van der Waals surface area contributed by atoms with Crippen LogP contribution in [0, 0.1) is 5.92 Å². The zero-order valence-corrected chi connectivity index (χ0v) is 13.8. The van der Waals surface area contributed by atoms with Gasteiger partial charge in [0.25, 0.3) is 0 Å². The second-order valence-electron chi connectivity index (χ2n) is 5.96. The third kappa shape index (κ3) is 4.59. The van der Waals surface area contributed by atoms with E-state index in [-0.39, 0.29) is 23.5 Å². The maximum Gasteiger partial charge on any atom is 0.323 e. The summed E-state index contributed by atoms with van der Waals surface area (Å²) in [7, 11) is -1.56. The van der Waals surface area contributed by atoms with Crippen LogP contribution in [0.1, 0.15) is 27.2 Å². The Morgan fingerprint density at radius 2 is 1.86 bits per heavy atom. The highest BCUT2D eigenvalue weighted by Gasteiger charge is 2.37. The normalized spacial score (nSPS) is 22.0. The van der Waals surface area contributed by atoms with Gasteiger partial charge in [-0.05, 0) is 19.3 Å². The van der Waals surface area contributed by atoms with E-state index in [1.807, 2.05) is 20.8 Å². The van der Waals surface area contributed by atoms with Crippen LogP contribution in [0.25, 0.3) is 0 Å². The average Bonchev–Trinajstić information content (AvgIpc) is 2.73. The van der Waals surface area contributed by atoms with Crippen LogP contribution in [0.2, 0.25) is 0 Å². The average molecular weight is 320 g/mol. The van der Waals surface area contributed by atoms with E-state index >= 15 is 0 Å². The first-order valence-electron chi connectivity index (χ1n) is 7.01. The summed E-state index contributed by atoms with van der Waals surface area (Å²) < 4.78 is 23.1. The zero-order chi connectivity index (χ0) is 16.4. The van der Waals surface area contributed by atoms with Crippen molar-refractivity contribution in [2.45, 2.75) is 39.3 Å². The van der Waals surface area contributed by atoms with Gasteiger partial charge in [0, 0.05) is 19.1 Å². The van der Waals surface area contributed by atoms with E-state index in [9.17, 15) is 18.0 Å². The largest absolute Gasteiger partial charge is 0.480 e. The predicted octanol–water partition coefficient (Wildman–Crippen LogP) is 0.656. The van der Waals surface area contributed by atoms with Gasteiger partial charge in [-0.25, -0.2) is 13.2 Å². The zero-order valence-electron chi connectivity index (χ0n) is 12.9. The number of hydrogen-bond donors (Lipinski definition) is 1. The molecule has 1 aliphatic rings. The summed E-state index contributed by atoms with van der Waals surface area (Å²) in [4.78, 5) is 26.2. The van der Waals surface area contributed by atoms with Crippen molar-refractivity contribution in [3.8, 4) is 0 Å². The van der Waals surface area contributed by atoms with Gasteiger partial charge in [-0.15, -0.1) is 0 Å². The fourth-order valence-corrected chi connectivity index (χ4v) is 4.07. The Morgan fingerprint density at radius 3 is 2.24 bits per heavy atom. The van der Waals surface area contributed by atoms with Gasteiger partial charge in [0.05, 0.1) is 11.5 Å². The quantitative estimate of drug-likeness (QED) is 0.803. The minimum absolute atomic E-state index is 0.00448. The molecule has 2 amide bonds. The van der Waals surface area contributed by atoms with E-state index < -0.39 is 34.4 Å². The van der Waals surface area contributed by atoms with Crippen LogP contribution in [-0.2, 0) is 14.6 Å². The SMILES string of the molecule is CC(C)C(C)N(C)C(=O)N(CC(=O)O)C1CCS(=O)(=O)C1. The Balaban J connectivity index is 2.92. The van der Waals surface area contributed by atoms with Crippen molar-refractivity contribution in [3.63, 3.8) is 0 Å². The Morgan fingerprint density at radius 1 is 1.29 bits per heavy atom. The van der Waals surface area contributed by atoms with Gasteiger partial charge in [0.15, 0.2) is 9.84 Å². The van der Waals surface area contributed by atoms with Crippen molar-refractivity contribution in [1.82, 2.24) is 9.80 Å². The van der Waals surface area contributed by atoms with Crippen LogP contribution in [0.4, 0.5) is 4.79 Å². The Hall–Kier alpha value is -1.31. The molecule has 1 rings (SSSR count). The number of amides is 2. The number of aliphatic carboxylic acids is 1. The van der Waals surface area contributed by atoms with Gasteiger partial charge in [-0.3, -0.25) is 4.79 Å². The first-order valence-corrected chi connectivity index (χ1v) is 8.83. The molecule has 2 unspecified atom stereocenters. The predicted molar refractivity (Wildman–Crippen MR) is 78.9 cm³/mol. The van der Waals surface area contributed by atoms with E-state index in [0.29, 0.717) is 6.42 Å². The molecule has 1 N–H and O–H groups in total. The van der Waals surface area contributed by atoms with Crippen molar-refractivity contribution in [2.75, 3.05) is 25.1 Å². The molecule has 1 aliphatic heterocycles. The molecule has 8 heteroatoms. The lowest BCUT2D eigenvalue weighted by Gasteiger charge is -2.35. The van der Waals surface area contributed by atoms with Crippen LogP contribution >= 0.6 is 0 Å². The molecule has 0 saturated carbocycles. The van der Waals surface area contributed by atoms with Crippen molar-refractivity contribution < 1.29 is 23.1 Å². The van der Waals surface area contributed by atoms with Crippen molar-refractivity contribution in [3.05, 3.63) is 0 Å². The highest BCUT2D eigenvalue weighted by atomic mass is 32.2. The number of carbonyl (C=O) groups excluding carboxylic acids is 1. The smallest absolute Gasteiger partial charge is 0.323 e. The van der Waals surface area contributed by atoms with E-state index in [0.717, 1.165) is 0 Å². The molecule has 0 aromatic rings. The number of nitrogens with zero attached hydrogens (tertiary/aromatic N) is 2. The van der Waals surface area contributed by atoms with Crippen LogP contribution in [-0.4, -0.2) is 72.5 Å². The molecule has 2 atom stereocenters. The van der Waals surface area contributed by atoms with E-state index in [2.05, 4.69) is 0 Å². The number of carbonyl (C=O) groups is 2. The summed E-state index contributed by atoms with van der Waals surface area (Å²) in [6, 6.07) is -1.05. The summed E-state index contributed by atoms with van der Waals surface area (Å²) in [5, 5.41) is 8.99. The van der Waals surface area contributed by atoms with Crippen molar-refractivity contribution in [1.29, 1.82) is 0 Å². The number of carboxylic acids is 1. The fourth-order valence-electron chi connectivity index (χ4n) is 2.34. The first-order chi connectivity index (χ1) is 9.55. The molecule has 1 fully saturated rings. The van der Waals surface area contributed by atoms with Gasteiger partial charge in [-0.2, -0.15) is 0 Å². The van der Waals surface area contributed by atoms with Crippen LogP contribution in [0.3, 0.4) is 0 Å². The standard InChI is InChI=1S/C13H24N2O5S/c1-9(2)10(3)14(4)13(18)15(7-12(16)17)11-5-6-21(19,20)8-11/h9-11H,5-8H2,1-4H3,(H,16,17). The van der Waals surface area contributed by atoms with Gasteiger partial charge in [0.1, 0.15) is 6.54 Å². The maximum atomic E-state index is 12.5. The van der Waals surface area contributed by atoms with Crippen LogP contribution in [0.5, 0.6) is 0 Å². The lowest BCUT2D eigenvalue weighted by molar-refractivity contribution is -0.138. The Bertz CT molecular complexity index is 503. The summed E-state index contributed by atoms with van der Waals surface area (Å²) in [5.41, 5.74) is 0. The van der Waals surface area contributed by atoms with Crippen molar-refractivity contribution >= 4 is 21.8 Å². The fraction of sp³-hybridized carbons (Fsp3) is 0.846. The Kier molecular flexibility index (Phi) is 5.61. The number of sulfone groups is 1. The minimum atomic E-state index is -3.18. The molecule has 0 aromatic heterocycles. The summed E-state index contributed by atoms with van der Waals surface area (Å²) >= 11 is 0. The van der Waals surface area contributed by atoms with E-state index in [4.69, 9.17) is 5.11 Å². The monoisotopic (exact) mass is 320 g/mol. The van der Waals surface area contributed by atoms with Gasteiger partial charge in [0.2, 0.25) is 0 Å². The number of carboxylic acid groups (broad SMARTS) is 1. The third-order valence-corrected chi connectivity index (χ3v) is 5.83. The summed E-state index contributed by atoms with van der Waals surface area (Å²) in [6.45, 7) is 5.34. The van der Waals surface area contributed by atoms with Gasteiger partial charge < -0.3 is 14.9 Å². The molecule has 1 heterocycles. The van der Waals surface area contributed by atoms with Crippen molar-refractivity contribution in [2.24, 2.45) is 5.92 Å². The molecule has 0 radical (unpaired) electrons. The van der Waals surface area contributed by atoms with E-state index in [1.165, 1.54) is 9.80 Å². The molecule has 21 heavy (non-hydrogen) atoms. The number of urea groups is 1. The highest BCUT2D eigenvalue weighted by Crippen LogP contribution is 2.20. The lowest BCUT2D eigenvalue weighted by atomic mass is 10.1. The minimum Gasteiger partial charge on any atom is -0.480 e. The first kappa shape index (κ1) is 17.7. The molecular formula is C13H24N2O5S. The molecule has 7 nitrogen and oxygen atoms in total. The Labute approximate surface area is 125 Å². The molecule has 0 aliphatic carbocycles. The summed E-state index contributed by atoms with van der Waals surface area (Å²) in [6.07, 6.45) is 0.297. The second kappa shape index (κ2) is 6.64. The molecule has 1 saturated heterocycles. The van der Waals surface area contributed by atoms with Gasteiger partial charge in [-0.1, -0.05) is 13.8 Å². The lowest BCUT2D eigenvalue weighted by Crippen LogP contribution is -2.52. The van der Waals surface area contributed by atoms with Crippen LogP contribution in [0.15, 0.2) is 0 Å². The molecule has 0 spiro atoms. The van der Waals surface area contributed by atoms with Crippen LogP contribution < -0.4 is 0 Å². The summed E-state index contributed by atoms with van der Waals surface area (Å²) in [5.74, 6) is -1.07. The maximum absolute atomic E-state index is 12.5. The molecule has 122 valence electrons. The van der Waals surface area contributed by atoms with E-state index in [1.54, 1.807) is 7.05 Å². The highest BCUT2D eigenvalue weighted by molar-refractivity contribution is 7.91. The number of hydrogen-bond acceptors (Lipinski definition) is 4. The molecule has 0 bridgehead atoms. The topological polar surface area (TPSA) is 95.0 Å². The second-order valence-corrected chi connectivity index (χ2v) is 8.19. The number of rotatable bonds is 5. The molecular weight excluding hydrogens is 296 g/mol. The van der Waals surface area contributed by atoms with Gasteiger partial charge >= 0.3 is 12.0 Å².